The first-order chi connectivity index (χ1) is 13.1. The molecule has 0 radical (unpaired) electrons. The van der Waals surface area contributed by atoms with Gasteiger partial charge < -0.3 is 14.7 Å². The van der Waals surface area contributed by atoms with Gasteiger partial charge in [0.05, 0.1) is 5.69 Å². The summed E-state index contributed by atoms with van der Waals surface area (Å²) in [5.74, 6) is -1.29. The molecule has 0 aromatic carbocycles. The Morgan fingerprint density at radius 2 is 2.04 bits per heavy atom. The monoisotopic (exact) mass is 429 g/mol. The zero-order valence-electron chi connectivity index (χ0n) is 15.7. The molecule has 152 valence electrons. The van der Waals surface area contributed by atoms with Crippen molar-refractivity contribution in [2.75, 3.05) is 13.1 Å². The van der Waals surface area contributed by atoms with E-state index < -0.39 is 29.2 Å². The fourth-order valence-electron chi connectivity index (χ4n) is 3.70. The number of ether oxygens (including phenoxy) is 1. The first-order valence-electron chi connectivity index (χ1n) is 9.10. The summed E-state index contributed by atoms with van der Waals surface area (Å²) < 4.78 is 21.2. The van der Waals surface area contributed by atoms with Crippen molar-refractivity contribution in [3.63, 3.8) is 0 Å². The van der Waals surface area contributed by atoms with E-state index in [9.17, 15) is 19.1 Å². The SMILES string of the molecule is CC(C)(C)OC(=O)N1CC(c2c(C(=O)O)nc3sc4c(n23)CCC(F)C4Cl)C1. The van der Waals surface area contributed by atoms with Gasteiger partial charge in [-0.15, -0.1) is 11.6 Å². The molecular weight excluding hydrogens is 409 g/mol. The van der Waals surface area contributed by atoms with Crippen molar-refractivity contribution in [1.29, 1.82) is 0 Å². The molecule has 1 N–H and O–H groups in total. The van der Waals surface area contributed by atoms with Crippen molar-refractivity contribution in [3.8, 4) is 0 Å². The van der Waals surface area contributed by atoms with E-state index in [-0.39, 0.29) is 11.6 Å². The number of rotatable bonds is 2. The standard InChI is InChI=1S/C18H21ClFN3O4S/c1-18(2,3)27-17(26)22-6-8(7-22)13-12(15(24)25)21-16-23(13)10-5-4-9(20)11(19)14(10)28-16/h8-9,11H,4-7H2,1-3H3,(H,24,25). The Balaban J connectivity index is 1.67. The largest absolute Gasteiger partial charge is 0.476 e. The maximum atomic E-state index is 14.0. The maximum absolute atomic E-state index is 14.0. The zero-order valence-corrected chi connectivity index (χ0v) is 17.3. The van der Waals surface area contributed by atoms with E-state index in [1.807, 2.05) is 4.40 Å². The third kappa shape index (κ3) is 3.14. The van der Waals surface area contributed by atoms with Crippen LogP contribution in [0.25, 0.3) is 4.96 Å². The third-order valence-corrected chi connectivity index (χ3v) is 6.77. The number of nitrogens with zero attached hydrogens (tertiary/aromatic N) is 3. The Hall–Kier alpha value is -1.87. The fraction of sp³-hybridized carbons (Fsp3) is 0.611. The van der Waals surface area contributed by atoms with Gasteiger partial charge in [0.1, 0.15) is 17.1 Å². The van der Waals surface area contributed by atoms with Crippen molar-refractivity contribution >= 4 is 40.0 Å². The number of aromatic carboxylic acids is 1. The number of amides is 1. The van der Waals surface area contributed by atoms with E-state index in [1.165, 1.54) is 11.3 Å². The van der Waals surface area contributed by atoms with Crippen molar-refractivity contribution in [2.45, 2.75) is 56.7 Å². The lowest BCUT2D eigenvalue weighted by Crippen LogP contribution is -2.50. The number of imidazole rings is 1. The molecule has 2 aromatic rings. The van der Waals surface area contributed by atoms with Gasteiger partial charge in [0, 0.05) is 29.6 Å². The lowest BCUT2D eigenvalue weighted by molar-refractivity contribution is 0.00773. The van der Waals surface area contributed by atoms with Crippen LogP contribution in [-0.4, -0.2) is 56.3 Å². The number of hydrogen-bond donors (Lipinski definition) is 1. The molecule has 3 heterocycles. The number of carbonyl (C=O) groups is 2. The molecule has 0 spiro atoms. The summed E-state index contributed by atoms with van der Waals surface area (Å²) in [6, 6.07) is 0. The minimum Gasteiger partial charge on any atom is -0.476 e. The quantitative estimate of drug-likeness (QED) is 0.729. The molecule has 1 amide bonds. The summed E-state index contributed by atoms with van der Waals surface area (Å²) in [4.78, 5) is 31.0. The summed E-state index contributed by atoms with van der Waals surface area (Å²) in [7, 11) is 0. The van der Waals surface area contributed by atoms with Crippen molar-refractivity contribution in [1.82, 2.24) is 14.3 Å². The van der Waals surface area contributed by atoms with Gasteiger partial charge in [-0.1, -0.05) is 11.3 Å². The molecule has 0 bridgehead atoms. The highest BCUT2D eigenvalue weighted by Gasteiger charge is 2.41. The normalized spacial score (nSPS) is 22.8. The minimum atomic E-state index is -1.12. The Kier molecular flexibility index (Phi) is 4.58. The number of carboxylic acids is 1. The Morgan fingerprint density at radius 1 is 1.36 bits per heavy atom. The fourth-order valence-corrected chi connectivity index (χ4v) is 5.30. The smallest absolute Gasteiger partial charge is 0.410 e. The average Bonchev–Trinajstić information content (AvgIpc) is 3.05. The van der Waals surface area contributed by atoms with Crippen LogP contribution in [-0.2, 0) is 11.2 Å². The van der Waals surface area contributed by atoms with E-state index >= 15 is 0 Å². The predicted octanol–water partition coefficient (Wildman–Crippen LogP) is 3.99. The highest BCUT2D eigenvalue weighted by Crippen LogP contribution is 2.44. The molecule has 1 saturated heterocycles. The van der Waals surface area contributed by atoms with Crippen LogP contribution in [0.5, 0.6) is 0 Å². The lowest BCUT2D eigenvalue weighted by atomic mass is 9.94. The summed E-state index contributed by atoms with van der Waals surface area (Å²) >= 11 is 7.49. The van der Waals surface area contributed by atoms with Gasteiger partial charge >= 0.3 is 12.1 Å². The van der Waals surface area contributed by atoms with Crippen LogP contribution in [0.1, 0.15) is 65.2 Å². The number of halogens is 2. The third-order valence-electron chi connectivity index (χ3n) is 4.99. The number of thiazole rings is 1. The summed E-state index contributed by atoms with van der Waals surface area (Å²) in [5, 5.41) is 8.88. The van der Waals surface area contributed by atoms with Crippen LogP contribution in [0.2, 0.25) is 0 Å². The number of carbonyl (C=O) groups excluding carboxylic acids is 1. The van der Waals surface area contributed by atoms with E-state index in [0.29, 0.717) is 41.5 Å². The van der Waals surface area contributed by atoms with Crippen LogP contribution >= 0.6 is 22.9 Å². The highest BCUT2D eigenvalue weighted by molar-refractivity contribution is 7.17. The molecule has 1 aliphatic carbocycles. The lowest BCUT2D eigenvalue weighted by Gasteiger charge is -2.39. The van der Waals surface area contributed by atoms with Crippen molar-refractivity contribution in [2.24, 2.45) is 0 Å². The van der Waals surface area contributed by atoms with Gasteiger partial charge in [-0.2, -0.15) is 0 Å². The van der Waals surface area contributed by atoms with Gasteiger partial charge in [-0.3, -0.25) is 4.40 Å². The summed E-state index contributed by atoms with van der Waals surface area (Å²) in [6.07, 6.45) is -0.770. The van der Waals surface area contributed by atoms with E-state index in [0.717, 1.165) is 5.69 Å². The number of likely N-dealkylation sites (tertiary alicyclic amines) is 1. The van der Waals surface area contributed by atoms with Crippen LogP contribution in [0.4, 0.5) is 9.18 Å². The van der Waals surface area contributed by atoms with Crippen LogP contribution in [0.15, 0.2) is 0 Å². The number of alkyl halides is 2. The van der Waals surface area contributed by atoms with Crippen LogP contribution < -0.4 is 0 Å². The van der Waals surface area contributed by atoms with Gasteiger partial charge in [0.15, 0.2) is 10.7 Å². The van der Waals surface area contributed by atoms with Gasteiger partial charge in [0.2, 0.25) is 0 Å². The van der Waals surface area contributed by atoms with Crippen LogP contribution in [0, 0.1) is 0 Å². The molecule has 10 heteroatoms. The molecule has 7 nitrogen and oxygen atoms in total. The Labute approximate surface area is 170 Å². The van der Waals surface area contributed by atoms with E-state index in [1.54, 1.807) is 25.7 Å². The highest BCUT2D eigenvalue weighted by atomic mass is 35.5. The van der Waals surface area contributed by atoms with E-state index in [4.69, 9.17) is 16.3 Å². The molecule has 0 saturated carbocycles. The second-order valence-electron chi connectivity index (χ2n) is 8.22. The molecule has 28 heavy (non-hydrogen) atoms. The number of aromatic nitrogens is 2. The molecule has 1 aliphatic heterocycles. The number of fused-ring (bicyclic) bond motifs is 3. The average molecular weight is 430 g/mol. The summed E-state index contributed by atoms with van der Waals surface area (Å²) in [5.41, 5.74) is 0.778. The predicted molar refractivity (Wildman–Crippen MR) is 102 cm³/mol. The number of aryl methyl sites for hydroxylation is 1. The molecule has 2 aliphatic rings. The maximum Gasteiger partial charge on any atom is 0.410 e. The molecule has 2 unspecified atom stereocenters. The van der Waals surface area contributed by atoms with Gasteiger partial charge in [-0.05, 0) is 33.6 Å². The first-order valence-corrected chi connectivity index (χ1v) is 10.4. The second-order valence-corrected chi connectivity index (χ2v) is 9.70. The van der Waals surface area contributed by atoms with E-state index in [2.05, 4.69) is 4.98 Å². The molecule has 1 fully saturated rings. The topological polar surface area (TPSA) is 84.1 Å². The van der Waals surface area contributed by atoms with Crippen molar-refractivity contribution < 1.29 is 23.8 Å². The second kappa shape index (κ2) is 6.59. The molecular formula is C18H21ClFN3O4S. The Morgan fingerprint density at radius 3 is 2.64 bits per heavy atom. The number of carboxylic acid groups (broad SMARTS) is 1. The first kappa shape index (κ1) is 19.4. The molecule has 2 atom stereocenters. The molecule has 4 rings (SSSR count). The summed E-state index contributed by atoms with van der Waals surface area (Å²) in [6.45, 7) is 6.09. The minimum absolute atomic E-state index is 0.0172. The van der Waals surface area contributed by atoms with Crippen LogP contribution in [0.3, 0.4) is 0 Å². The zero-order chi connectivity index (χ0) is 20.4. The van der Waals surface area contributed by atoms with Gasteiger partial charge in [-0.25, -0.2) is 19.0 Å². The molecule has 2 aromatic heterocycles. The van der Waals surface area contributed by atoms with Crippen molar-refractivity contribution in [3.05, 3.63) is 22.0 Å². The van der Waals surface area contributed by atoms with Gasteiger partial charge in [0.25, 0.3) is 0 Å². The number of hydrogen-bond acceptors (Lipinski definition) is 5. The Bertz CT molecular complexity index is 960.